The Morgan fingerprint density at radius 1 is 1.22 bits per heavy atom. The van der Waals surface area contributed by atoms with Gasteiger partial charge in [0.05, 0.1) is 0 Å². The molecule has 23 heavy (non-hydrogen) atoms. The second-order valence-corrected chi connectivity index (χ2v) is 6.47. The van der Waals surface area contributed by atoms with Crippen molar-refractivity contribution in [2.45, 2.75) is 39.8 Å². The van der Waals surface area contributed by atoms with Crippen LogP contribution in [0.2, 0.25) is 0 Å². The third kappa shape index (κ3) is 6.30. The van der Waals surface area contributed by atoms with Crippen molar-refractivity contribution in [2.75, 3.05) is 26.7 Å². The molecule has 5 heteroatoms. The van der Waals surface area contributed by atoms with Crippen LogP contribution < -0.4 is 10.6 Å². The summed E-state index contributed by atoms with van der Waals surface area (Å²) in [6.07, 6.45) is 1.16. The molecule has 0 amide bonds. The maximum absolute atomic E-state index is 4.30. The topological polar surface area (TPSA) is 39.7 Å². The van der Waals surface area contributed by atoms with Crippen LogP contribution in [0.4, 0.5) is 0 Å². The summed E-state index contributed by atoms with van der Waals surface area (Å²) in [6, 6.07) is 9.21. The van der Waals surface area contributed by atoms with Crippen molar-refractivity contribution in [3.05, 3.63) is 35.4 Å². The zero-order valence-electron chi connectivity index (χ0n) is 14.8. The van der Waals surface area contributed by atoms with Crippen LogP contribution in [0, 0.1) is 5.92 Å². The third-order valence-corrected chi connectivity index (χ3v) is 4.52. The van der Waals surface area contributed by atoms with Gasteiger partial charge in [-0.15, -0.1) is 24.0 Å². The van der Waals surface area contributed by atoms with Crippen molar-refractivity contribution in [1.29, 1.82) is 0 Å². The van der Waals surface area contributed by atoms with Crippen LogP contribution in [-0.4, -0.2) is 43.6 Å². The monoisotopic (exact) mass is 430 g/mol. The maximum atomic E-state index is 4.30. The molecule has 0 aliphatic carbocycles. The quantitative estimate of drug-likeness (QED) is 0.429. The number of halogens is 1. The molecule has 130 valence electrons. The van der Waals surface area contributed by atoms with Gasteiger partial charge in [0.2, 0.25) is 0 Å². The molecule has 1 heterocycles. The van der Waals surface area contributed by atoms with E-state index in [0.29, 0.717) is 12.0 Å². The van der Waals surface area contributed by atoms with Gasteiger partial charge in [-0.1, -0.05) is 38.1 Å². The smallest absolute Gasteiger partial charge is 0.191 e. The Labute approximate surface area is 158 Å². The van der Waals surface area contributed by atoms with Crippen LogP contribution in [0.15, 0.2) is 29.3 Å². The molecular weight excluding hydrogens is 399 g/mol. The van der Waals surface area contributed by atoms with Crippen molar-refractivity contribution >= 4 is 29.9 Å². The summed E-state index contributed by atoms with van der Waals surface area (Å²) in [5.41, 5.74) is 2.99. The first-order valence-corrected chi connectivity index (χ1v) is 8.36. The van der Waals surface area contributed by atoms with E-state index in [1.54, 1.807) is 0 Å². The first-order chi connectivity index (χ1) is 10.6. The van der Waals surface area contributed by atoms with Crippen LogP contribution in [0.1, 0.15) is 31.9 Å². The third-order valence-electron chi connectivity index (χ3n) is 4.52. The van der Waals surface area contributed by atoms with Gasteiger partial charge in [0.25, 0.3) is 0 Å². The lowest BCUT2D eigenvalue weighted by atomic mass is 10.00. The summed E-state index contributed by atoms with van der Waals surface area (Å²) in [5, 5.41) is 6.86. The number of benzene rings is 1. The average Bonchev–Trinajstić information content (AvgIpc) is 2.53. The van der Waals surface area contributed by atoms with E-state index in [0.717, 1.165) is 38.6 Å². The lowest BCUT2D eigenvalue weighted by Crippen LogP contribution is -2.46. The minimum absolute atomic E-state index is 0. The molecule has 1 aromatic carbocycles. The second-order valence-electron chi connectivity index (χ2n) is 6.47. The fourth-order valence-corrected chi connectivity index (χ4v) is 2.65. The SMILES string of the molecule is CN=C(NCCN1CCc2ccccc2C1)NC(C)C(C)C.I. The Hall–Kier alpha value is -0.820. The molecule has 0 bridgehead atoms. The van der Waals surface area contributed by atoms with Gasteiger partial charge in [0.15, 0.2) is 5.96 Å². The minimum Gasteiger partial charge on any atom is -0.355 e. The van der Waals surface area contributed by atoms with Crippen LogP contribution in [0.25, 0.3) is 0 Å². The fourth-order valence-electron chi connectivity index (χ4n) is 2.65. The molecule has 0 saturated carbocycles. The van der Waals surface area contributed by atoms with E-state index < -0.39 is 0 Å². The number of guanidine groups is 1. The van der Waals surface area contributed by atoms with Crippen LogP contribution in [0.5, 0.6) is 0 Å². The summed E-state index contributed by atoms with van der Waals surface area (Å²) in [4.78, 5) is 6.81. The summed E-state index contributed by atoms with van der Waals surface area (Å²) < 4.78 is 0. The van der Waals surface area contributed by atoms with E-state index in [-0.39, 0.29) is 24.0 Å². The van der Waals surface area contributed by atoms with Gasteiger partial charge in [0.1, 0.15) is 0 Å². The highest BCUT2D eigenvalue weighted by Gasteiger charge is 2.15. The second kappa shape index (κ2) is 10.1. The first kappa shape index (κ1) is 20.2. The van der Waals surface area contributed by atoms with Gasteiger partial charge in [-0.25, -0.2) is 0 Å². The van der Waals surface area contributed by atoms with Gasteiger partial charge >= 0.3 is 0 Å². The van der Waals surface area contributed by atoms with Gasteiger partial charge in [-0.3, -0.25) is 9.89 Å². The van der Waals surface area contributed by atoms with Crippen molar-refractivity contribution < 1.29 is 0 Å². The molecule has 1 aliphatic heterocycles. The minimum atomic E-state index is 0. The first-order valence-electron chi connectivity index (χ1n) is 8.36. The number of nitrogens with zero attached hydrogens (tertiary/aromatic N) is 2. The van der Waals surface area contributed by atoms with E-state index in [2.05, 4.69) is 65.6 Å². The number of aliphatic imine (C=N–C) groups is 1. The Balaban J connectivity index is 0.00000264. The Morgan fingerprint density at radius 2 is 1.91 bits per heavy atom. The standard InChI is InChI=1S/C18H30N4.HI/c1-14(2)15(3)21-18(19-4)20-10-12-22-11-9-16-7-5-6-8-17(16)13-22;/h5-8,14-15H,9-13H2,1-4H3,(H2,19,20,21);1H. The molecule has 0 fully saturated rings. The summed E-state index contributed by atoms with van der Waals surface area (Å²) in [6.45, 7) is 10.8. The van der Waals surface area contributed by atoms with E-state index in [1.165, 1.54) is 11.1 Å². The predicted octanol–water partition coefficient (Wildman–Crippen LogP) is 2.87. The molecule has 1 unspecified atom stereocenters. The van der Waals surface area contributed by atoms with Gasteiger partial charge in [0, 0.05) is 39.3 Å². The lowest BCUT2D eigenvalue weighted by molar-refractivity contribution is 0.258. The van der Waals surface area contributed by atoms with Crippen molar-refractivity contribution in [3.8, 4) is 0 Å². The number of rotatable bonds is 5. The molecule has 1 aliphatic rings. The Kier molecular flexibility index (Phi) is 8.91. The molecule has 1 aromatic rings. The number of hydrogen-bond donors (Lipinski definition) is 2. The van der Waals surface area contributed by atoms with Crippen LogP contribution >= 0.6 is 24.0 Å². The summed E-state index contributed by atoms with van der Waals surface area (Å²) in [5.74, 6) is 1.50. The average molecular weight is 430 g/mol. The van der Waals surface area contributed by atoms with Gasteiger partial charge < -0.3 is 10.6 Å². The zero-order chi connectivity index (χ0) is 15.9. The largest absolute Gasteiger partial charge is 0.355 e. The van der Waals surface area contributed by atoms with E-state index >= 15 is 0 Å². The molecule has 0 aromatic heterocycles. The van der Waals surface area contributed by atoms with Crippen molar-refractivity contribution in [1.82, 2.24) is 15.5 Å². The highest BCUT2D eigenvalue weighted by Crippen LogP contribution is 2.17. The maximum Gasteiger partial charge on any atom is 0.191 e. The number of fused-ring (bicyclic) bond motifs is 1. The predicted molar refractivity (Wildman–Crippen MR) is 110 cm³/mol. The van der Waals surface area contributed by atoms with Crippen molar-refractivity contribution in [2.24, 2.45) is 10.9 Å². The molecule has 4 nitrogen and oxygen atoms in total. The Morgan fingerprint density at radius 3 is 2.57 bits per heavy atom. The summed E-state index contributed by atoms with van der Waals surface area (Å²) >= 11 is 0. The Bertz CT molecular complexity index is 502. The van der Waals surface area contributed by atoms with Crippen LogP contribution in [-0.2, 0) is 13.0 Å². The van der Waals surface area contributed by atoms with E-state index in [1.807, 2.05) is 7.05 Å². The number of nitrogens with one attached hydrogen (secondary N) is 2. The molecule has 1 atom stereocenters. The molecule has 0 saturated heterocycles. The van der Waals surface area contributed by atoms with Gasteiger partial charge in [-0.2, -0.15) is 0 Å². The van der Waals surface area contributed by atoms with E-state index in [4.69, 9.17) is 0 Å². The molecule has 0 spiro atoms. The molecule has 0 radical (unpaired) electrons. The number of hydrogen-bond acceptors (Lipinski definition) is 2. The molecular formula is C18H31IN4. The van der Waals surface area contributed by atoms with E-state index in [9.17, 15) is 0 Å². The molecule has 2 N–H and O–H groups in total. The van der Waals surface area contributed by atoms with Crippen molar-refractivity contribution in [3.63, 3.8) is 0 Å². The highest BCUT2D eigenvalue weighted by atomic mass is 127. The lowest BCUT2D eigenvalue weighted by Gasteiger charge is -2.29. The highest BCUT2D eigenvalue weighted by molar-refractivity contribution is 14.0. The van der Waals surface area contributed by atoms with Gasteiger partial charge in [-0.05, 0) is 30.4 Å². The summed E-state index contributed by atoms with van der Waals surface area (Å²) in [7, 11) is 1.83. The molecule has 2 rings (SSSR count). The normalized spacial score (nSPS) is 16.5. The zero-order valence-corrected chi connectivity index (χ0v) is 17.1. The fraction of sp³-hybridized carbons (Fsp3) is 0.611. The van der Waals surface area contributed by atoms with Crippen LogP contribution in [0.3, 0.4) is 0 Å².